The predicted molar refractivity (Wildman–Crippen MR) is 104 cm³/mol. The second kappa shape index (κ2) is 9.46. The van der Waals surface area contributed by atoms with Crippen molar-refractivity contribution in [3.05, 3.63) is 29.8 Å². The number of rotatable bonds is 8. The first kappa shape index (κ1) is 19.3. The molecular formula is C22H37NO. The number of likely N-dealkylation sites (tertiary alicyclic amines) is 1. The van der Waals surface area contributed by atoms with Crippen molar-refractivity contribution in [2.45, 2.75) is 71.6 Å². The van der Waals surface area contributed by atoms with Crippen molar-refractivity contribution in [1.82, 2.24) is 4.90 Å². The smallest absolute Gasteiger partial charge is 0.119 e. The summed E-state index contributed by atoms with van der Waals surface area (Å²) in [7, 11) is 0. The molecule has 0 spiro atoms. The topological polar surface area (TPSA) is 12.5 Å². The van der Waals surface area contributed by atoms with Gasteiger partial charge in [0.2, 0.25) is 0 Å². The molecule has 24 heavy (non-hydrogen) atoms. The summed E-state index contributed by atoms with van der Waals surface area (Å²) in [5.41, 5.74) is 1.57. The number of hydrogen-bond acceptors (Lipinski definition) is 2. The van der Waals surface area contributed by atoms with Crippen LogP contribution in [0.1, 0.15) is 71.8 Å². The van der Waals surface area contributed by atoms with Crippen LogP contribution in [-0.4, -0.2) is 31.1 Å². The lowest BCUT2D eigenvalue weighted by Gasteiger charge is -2.26. The fourth-order valence-corrected chi connectivity index (χ4v) is 3.42. The molecule has 1 atom stereocenters. The summed E-state index contributed by atoms with van der Waals surface area (Å²) in [5.74, 6) is 1.76. The molecule has 1 heterocycles. The SMILES string of the molecule is CC(CCCN1CCCCC1)CCOc1ccc(C(C)(C)C)cc1. The highest BCUT2D eigenvalue weighted by Gasteiger charge is 2.13. The van der Waals surface area contributed by atoms with Gasteiger partial charge in [-0.2, -0.15) is 0 Å². The number of ether oxygens (including phenoxy) is 1. The first-order valence-electron chi connectivity index (χ1n) is 9.91. The van der Waals surface area contributed by atoms with Crippen molar-refractivity contribution in [1.29, 1.82) is 0 Å². The fraction of sp³-hybridized carbons (Fsp3) is 0.727. The monoisotopic (exact) mass is 331 g/mol. The zero-order valence-electron chi connectivity index (χ0n) is 16.3. The normalized spacial score (nSPS) is 17.7. The van der Waals surface area contributed by atoms with E-state index in [1.165, 1.54) is 57.3 Å². The molecule has 2 nitrogen and oxygen atoms in total. The van der Waals surface area contributed by atoms with Crippen LogP contribution in [0.5, 0.6) is 5.75 Å². The van der Waals surface area contributed by atoms with E-state index in [2.05, 4.69) is 56.9 Å². The molecule has 0 bridgehead atoms. The molecule has 0 aromatic heterocycles. The molecule has 1 aromatic rings. The van der Waals surface area contributed by atoms with E-state index in [1.807, 2.05) is 0 Å². The minimum atomic E-state index is 0.210. The Kier molecular flexibility index (Phi) is 7.61. The summed E-state index contributed by atoms with van der Waals surface area (Å²) < 4.78 is 5.93. The molecule has 1 aliphatic heterocycles. The van der Waals surface area contributed by atoms with Gasteiger partial charge in [0.25, 0.3) is 0 Å². The van der Waals surface area contributed by atoms with E-state index in [4.69, 9.17) is 4.74 Å². The minimum Gasteiger partial charge on any atom is -0.494 e. The fourth-order valence-electron chi connectivity index (χ4n) is 3.42. The van der Waals surface area contributed by atoms with Crippen molar-refractivity contribution < 1.29 is 4.74 Å². The van der Waals surface area contributed by atoms with E-state index in [0.29, 0.717) is 0 Å². The summed E-state index contributed by atoms with van der Waals surface area (Å²) in [5, 5.41) is 0. The van der Waals surface area contributed by atoms with Gasteiger partial charge in [0.1, 0.15) is 5.75 Å². The Morgan fingerprint density at radius 1 is 1.00 bits per heavy atom. The molecule has 0 N–H and O–H groups in total. The van der Waals surface area contributed by atoms with Gasteiger partial charge < -0.3 is 9.64 Å². The number of hydrogen-bond donors (Lipinski definition) is 0. The van der Waals surface area contributed by atoms with Crippen molar-refractivity contribution in [2.75, 3.05) is 26.2 Å². The largest absolute Gasteiger partial charge is 0.494 e. The maximum Gasteiger partial charge on any atom is 0.119 e. The Balaban J connectivity index is 1.59. The van der Waals surface area contributed by atoms with Crippen molar-refractivity contribution in [3.8, 4) is 5.75 Å². The third-order valence-corrected chi connectivity index (χ3v) is 5.22. The highest BCUT2D eigenvalue weighted by atomic mass is 16.5. The molecule has 1 fully saturated rings. The lowest BCUT2D eigenvalue weighted by molar-refractivity contribution is 0.216. The van der Waals surface area contributed by atoms with E-state index in [9.17, 15) is 0 Å². The molecule has 1 aliphatic rings. The standard InChI is InChI=1S/C22H37NO/c1-19(9-8-17-23-15-6-5-7-16-23)14-18-24-21-12-10-20(11-13-21)22(2,3)4/h10-13,19H,5-9,14-18H2,1-4H3. The number of benzene rings is 1. The van der Waals surface area contributed by atoms with E-state index >= 15 is 0 Å². The summed E-state index contributed by atoms with van der Waals surface area (Å²) in [6.45, 7) is 13.9. The van der Waals surface area contributed by atoms with Gasteiger partial charge in [-0.25, -0.2) is 0 Å². The highest BCUT2D eigenvalue weighted by Crippen LogP contribution is 2.24. The van der Waals surface area contributed by atoms with Gasteiger partial charge in [-0.1, -0.05) is 46.2 Å². The highest BCUT2D eigenvalue weighted by molar-refractivity contribution is 5.31. The average Bonchev–Trinajstić information content (AvgIpc) is 2.55. The van der Waals surface area contributed by atoms with Gasteiger partial charge >= 0.3 is 0 Å². The predicted octanol–water partition coefficient (Wildman–Crippen LogP) is 5.66. The lowest BCUT2D eigenvalue weighted by Crippen LogP contribution is -2.30. The maximum atomic E-state index is 5.93. The number of nitrogens with zero attached hydrogens (tertiary/aromatic N) is 1. The number of piperidine rings is 1. The second-order valence-electron chi connectivity index (χ2n) is 8.56. The molecule has 136 valence electrons. The minimum absolute atomic E-state index is 0.210. The first-order valence-corrected chi connectivity index (χ1v) is 9.91. The second-order valence-corrected chi connectivity index (χ2v) is 8.56. The Morgan fingerprint density at radius 3 is 2.29 bits per heavy atom. The molecule has 0 saturated carbocycles. The third kappa shape index (κ3) is 6.84. The van der Waals surface area contributed by atoms with E-state index in [1.54, 1.807) is 0 Å². The molecule has 1 aromatic carbocycles. The summed E-state index contributed by atoms with van der Waals surface area (Å²) in [6.07, 6.45) is 8.04. The van der Waals surface area contributed by atoms with Crippen LogP contribution < -0.4 is 4.74 Å². The quantitative estimate of drug-likeness (QED) is 0.610. The van der Waals surface area contributed by atoms with Crippen molar-refractivity contribution >= 4 is 0 Å². The first-order chi connectivity index (χ1) is 11.4. The summed E-state index contributed by atoms with van der Waals surface area (Å²) in [6, 6.07) is 8.61. The van der Waals surface area contributed by atoms with Gasteiger partial charge in [0.05, 0.1) is 6.61 Å². The van der Waals surface area contributed by atoms with Gasteiger partial charge in [0.15, 0.2) is 0 Å². The lowest BCUT2D eigenvalue weighted by atomic mass is 9.87. The molecule has 1 unspecified atom stereocenters. The van der Waals surface area contributed by atoms with Gasteiger partial charge in [-0.05, 0) is 80.8 Å². The summed E-state index contributed by atoms with van der Waals surface area (Å²) in [4.78, 5) is 2.64. The Hall–Kier alpha value is -1.02. The Morgan fingerprint density at radius 2 is 1.67 bits per heavy atom. The molecule has 1 saturated heterocycles. The van der Waals surface area contributed by atoms with Crippen LogP contribution in [0.15, 0.2) is 24.3 Å². The maximum absolute atomic E-state index is 5.93. The Bertz CT molecular complexity index is 454. The molecule has 0 amide bonds. The zero-order chi connectivity index (χ0) is 17.4. The molecule has 2 rings (SSSR count). The van der Waals surface area contributed by atoms with E-state index < -0.39 is 0 Å². The van der Waals surface area contributed by atoms with Crippen LogP contribution >= 0.6 is 0 Å². The van der Waals surface area contributed by atoms with Crippen LogP contribution in [-0.2, 0) is 5.41 Å². The van der Waals surface area contributed by atoms with Crippen molar-refractivity contribution in [3.63, 3.8) is 0 Å². The summed E-state index contributed by atoms with van der Waals surface area (Å²) >= 11 is 0. The molecule has 0 radical (unpaired) electrons. The van der Waals surface area contributed by atoms with Crippen LogP contribution in [0, 0.1) is 5.92 Å². The van der Waals surface area contributed by atoms with Gasteiger partial charge in [-0.15, -0.1) is 0 Å². The van der Waals surface area contributed by atoms with Gasteiger partial charge in [0, 0.05) is 0 Å². The molecule has 2 heteroatoms. The third-order valence-electron chi connectivity index (χ3n) is 5.22. The van der Waals surface area contributed by atoms with Crippen molar-refractivity contribution in [2.24, 2.45) is 5.92 Å². The zero-order valence-corrected chi connectivity index (χ0v) is 16.3. The molecule has 0 aliphatic carbocycles. The van der Waals surface area contributed by atoms with E-state index in [0.717, 1.165) is 24.7 Å². The molecular weight excluding hydrogens is 294 g/mol. The van der Waals surface area contributed by atoms with Gasteiger partial charge in [-0.3, -0.25) is 0 Å². The van der Waals surface area contributed by atoms with Crippen LogP contribution in [0.3, 0.4) is 0 Å². The van der Waals surface area contributed by atoms with E-state index in [-0.39, 0.29) is 5.41 Å². The Labute approximate surface area is 149 Å². The van der Waals surface area contributed by atoms with Crippen LogP contribution in [0.25, 0.3) is 0 Å². The van der Waals surface area contributed by atoms with Crippen LogP contribution in [0.4, 0.5) is 0 Å². The van der Waals surface area contributed by atoms with Crippen LogP contribution in [0.2, 0.25) is 0 Å². The average molecular weight is 332 g/mol.